The van der Waals surface area contributed by atoms with E-state index in [2.05, 4.69) is 0 Å². The molecule has 0 fully saturated rings. The van der Waals surface area contributed by atoms with Gasteiger partial charge in [-0.3, -0.25) is 4.79 Å². The molecule has 0 saturated heterocycles. The van der Waals surface area contributed by atoms with Gasteiger partial charge in [0.2, 0.25) is 0 Å². The highest BCUT2D eigenvalue weighted by Gasteiger charge is 2.36. The number of carboxylic acid groups (broad SMARTS) is 1. The molecule has 0 heterocycles. The minimum atomic E-state index is -2.15. The maximum absolute atomic E-state index is 11.6. The number of rotatable bonds is 8. The molecule has 0 bridgehead atoms. The molecule has 5 atom stereocenters. The van der Waals surface area contributed by atoms with Gasteiger partial charge in [0, 0.05) is 0 Å². The van der Waals surface area contributed by atoms with E-state index in [0.29, 0.717) is 0 Å². The van der Waals surface area contributed by atoms with Crippen LogP contribution in [0.25, 0.3) is 0 Å². The summed E-state index contributed by atoms with van der Waals surface area (Å²) < 4.78 is 0. The highest BCUT2D eigenvalue weighted by molar-refractivity contribution is 5.86. The van der Waals surface area contributed by atoms with Crippen molar-refractivity contribution in [2.75, 3.05) is 6.61 Å². The third-order valence-corrected chi connectivity index (χ3v) is 2.75. The Kier molecular flexibility index (Phi) is 7.61. The van der Waals surface area contributed by atoms with E-state index in [-0.39, 0.29) is 0 Å². The molecule has 0 spiro atoms. The molecular formula is C11H21NO8. The van der Waals surface area contributed by atoms with Gasteiger partial charge in [-0.15, -0.1) is 0 Å². The van der Waals surface area contributed by atoms with E-state index in [1.54, 1.807) is 0 Å². The Morgan fingerprint density at radius 3 is 1.90 bits per heavy atom. The number of hydrogen-bond donors (Lipinski definition) is 7. The van der Waals surface area contributed by atoms with Gasteiger partial charge in [-0.05, 0) is 5.92 Å². The van der Waals surface area contributed by atoms with Crippen LogP contribution < -0.4 is 5.32 Å². The summed E-state index contributed by atoms with van der Waals surface area (Å²) in [5.74, 6) is -2.98. The Morgan fingerprint density at radius 2 is 1.55 bits per heavy atom. The molecule has 0 aromatic carbocycles. The molecule has 0 aliphatic rings. The summed E-state index contributed by atoms with van der Waals surface area (Å²) in [6, 6.07) is -1.27. The third kappa shape index (κ3) is 5.02. The van der Waals surface area contributed by atoms with Crippen molar-refractivity contribution in [3.05, 3.63) is 0 Å². The highest BCUT2D eigenvalue weighted by Crippen LogP contribution is 2.07. The van der Waals surface area contributed by atoms with Crippen LogP contribution in [0.5, 0.6) is 0 Å². The standard InChI is InChI=1S/C11H21NO8/c1-4(2)6(11(19)20)12-10(18)9(17)8(16)7(15)5(14)3-13/h4-9,13-17H,3H2,1-2H3,(H,12,18)(H,19,20)/t5-,6-,7-,8+,9+/m0/s1. The van der Waals surface area contributed by atoms with Crippen LogP contribution in [0.15, 0.2) is 0 Å². The smallest absolute Gasteiger partial charge is 0.326 e. The van der Waals surface area contributed by atoms with E-state index in [1.165, 1.54) is 13.8 Å². The van der Waals surface area contributed by atoms with Crippen LogP contribution >= 0.6 is 0 Å². The van der Waals surface area contributed by atoms with E-state index in [0.717, 1.165) is 0 Å². The normalized spacial score (nSPS) is 19.0. The van der Waals surface area contributed by atoms with Crippen molar-refractivity contribution in [3.8, 4) is 0 Å². The van der Waals surface area contributed by atoms with Gasteiger partial charge < -0.3 is 36.0 Å². The molecule has 0 aromatic heterocycles. The van der Waals surface area contributed by atoms with Gasteiger partial charge in [-0.25, -0.2) is 4.79 Å². The SMILES string of the molecule is CC(C)[C@H](NC(=O)[C@H](O)[C@H](O)[C@@H](O)[C@@H](O)CO)C(=O)O. The zero-order chi connectivity index (χ0) is 16.0. The second kappa shape index (κ2) is 8.12. The lowest BCUT2D eigenvalue weighted by Crippen LogP contribution is -2.55. The first-order valence-corrected chi connectivity index (χ1v) is 5.99. The Labute approximate surface area is 115 Å². The fourth-order valence-electron chi connectivity index (χ4n) is 1.43. The fraction of sp³-hybridized carbons (Fsp3) is 0.818. The van der Waals surface area contributed by atoms with Gasteiger partial charge in [0.25, 0.3) is 5.91 Å². The molecule has 0 unspecified atom stereocenters. The average Bonchev–Trinajstić information content (AvgIpc) is 2.39. The Balaban J connectivity index is 4.72. The number of nitrogens with one attached hydrogen (secondary N) is 1. The molecular weight excluding hydrogens is 274 g/mol. The van der Waals surface area contributed by atoms with Crippen molar-refractivity contribution in [2.24, 2.45) is 5.92 Å². The Bertz CT molecular complexity index is 334. The molecule has 1 amide bonds. The molecule has 7 N–H and O–H groups in total. The van der Waals surface area contributed by atoms with Crippen molar-refractivity contribution < 1.29 is 40.2 Å². The average molecular weight is 295 g/mol. The van der Waals surface area contributed by atoms with Crippen LogP contribution in [0.2, 0.25) is 0 Å². The molecule has 0 aliphatic carbocycles. The number of carbonyl (C=O) groups is 2. The van der Waals surface area contributed by atoms with Crippen LogP contribution in [-0.2, 0) is 9.59 Å². The molecule has 9 nitrogen and oxygen atoms in total. The van der Waals surface area contributed by atoms with Crippen LogP contribution in [0, 0.1) is 5.92 Å². The number of aliphatic carboxylic acids is 1. The Morgan fingerprint density at radius 1 is 1.05 bits per heavy atom. The van der Waals surface area contributed by atoms with Crippen molar-refractivity contribution in [3.63, 3.8) is 0 Å². The quantitative estimate of drug-likeness (QED) is 0.244. The Hall–Kier alpha value is -1.26. The van der Waals surface area contributed by atoms with Crippen LogP contribution in [0.4, 0.5) is 0 Å². The maximum atomic E-state index is 11.6. The van der Waals surface area contributed by atoms with Gasteiger partial charge >= 0.3 is 5.97 Å². The topological polar surface area (TPSA) is 168 Å². The van der Waals surface area contributed by atoms with Gasteiger partial charge in [0.15, 0.2) is 6.10 Å². The number of amides is 1. The second-order valence-corrected chi connectivity index (χ2v) is 4.74. The lowest BCUT2D eigenvalue weighted by molar-refractivity contribution is -0.153. The largest absolute Gasteiger partial charge is 0.480 e. The van der Waals surface area contributed by atoms with Crippen molar-refractivity contribution in [1.82, 2.24) is 5.32 Å². The first-order chi connectivity index (χ1) is 9.13. The van der Waals surface area contributed by atoms with E-state index in [1.807, 2.05) is 5.32 Å². The molecule has 0 saturated carbocycles. The molecule has 9 heteroatoms. The molecule has 0 aliphatic heterocycles. The summed E-state index contributed by atoms with van der Waals surface area (Å²) in [6.45, 7) is 2.19. The lowest BCUT2D eigenvalue weighted by Gasteiger charge is -2.26. The third-order valence-electron chi connectivity index (χ3n) is 2.75. The van der Waals surface area contributed by atoms with E-state index < -0.39 is 54.9 Å². The van der Waals surface area contributed by atoms with E-state index >= 15 is 0 Å². The fourth-order valence-corrected chi connectivity index (χ4v) is 1.43. The number of hydrogen-bond acceptors (Lipinski definition) is 7. The molecule has 118 valence electrons. The van der Waals surface area contributed by atoms with Crippen LogP contribution in [0.1, 0.15) is 13.8 Å². The summed E-state index contributed by atoms with van der Waals surface area (Å²) in [7, 11) is 0. The van der Waals surface area contributed by atoms with Crippen molar-refractivity contribution in [2.45, 2.75) is 44.3 Å². The molecule has 20 heavy (non-hydrogen) atoms. The summed E-state index contributed by atoms with van der Waals surface area (Å²) in [6.07, 6.45) is -7.92. The second-order valence-electron chi connectivity index (χ2n) is 4.74. The molecule has 0 radical (unpaired) electrons. The minimum Gasteiger partial charge on any atom is -0.480 e. The number of aliphatic hydroxyl groups is 5. The summed E-state index contributed by atoms with van der Waals surface area (Å²) >= 11 is 0. The number of aliphatic hydroxyl groups excluding tert-OH is 5. The molecule has 0 aromatic rings. The first-order valence-electron chi connectivity index (χ1n) is 5.99. The van der Waals surface area contributed by atoms with E-state index in [4.69, 9.17) is 15.3 Å². The minimum absolute atomic E-state index is 0.464. The summed E-state index contributed by atoms with van der Waals surface area (Å²) in [4.78, 5) is 22.5. The maximum Gasteiger partial charge on any atom is 0.326 e. The first kappa shape index (κ1) is 18.7. The van der Waals surface area contributed by atoms with Crippen molar-refractivity contribution >= 4 is 11.9 Å². The van der Waals surface area contributed by atoms with Crippen LogP contribution in [0.3, 0.4) is 0 Å². The van der Waals surface area contributed by atoms with Crippen LogP contribution in [-0.4, -0.2) is 79.6 Å². The van der Waals surface area contributed by atoms with Gasteiger partial charge in [0.1, 0.15) is 24.4 Å². The summed E-state index contributed by atoms with van der Waals surface area (Å²) in [5.41, 5.74) is 0. The zero-order valence-electron chi connectivity index (χ0n) is 11.2. The number of carboxylic acids is 1. The lowest BCUT2D eigenvalue weighted by atomic mass is 10.0. The van der Waals surface area contributed by atoms with Crippen molar-refractivity contribution in [1.29, 1.82) is 0 Å². The van der Waals surface area contributed by atoms with Gasteiger partial charge in [-0.1, -0.05) is 13.8 Å². The highest BCUT2D eigenvalue weighted by atomic mass is 16.4. The molecule has 0 rings (SSSR count). The van der Waals surface area contributed by atoms with Gasteiger partial charge in [-0.2, -0.15) is 0 Å². The predicted molar refractivity (Wildman–Crippen MR) is 65.5 cm³/mol. The monoisotopic (exact) mass is 295 g/mol. The summed E-state index contributed by atoms with van der Waals surface area (Å²) in [5, 5.41) is 56.9. The number of carbonyl (C=O) groups excluding carboxylic acids is 1. The zero-order valence-corrected chi connectivity index (χ0v) is 11.2. The van der Waals surface area contributed by atoms with Gasteiger partial charge in [0.05, 0.1) is 6.61 Å². The predicted octanol–water partition coefficient (Wildman–Crippen LogP) is -3.35. The van der Waals surface area contributed by atoms with E-state index in [9.17, 15) is 24.9 Å².